The second-order valence-corrected chi connectivity index (χ2v) is 4.33. The Morgan fingerprint density at radius 2 is 2.45 bits per heavy atom. The van der Waals surface area contributed by atoms with Gasteiger partial charge in [0.05, 0.1) is 23.6 Å². The average Bonchev–Trinajstić information content (AvgIpc) is 2.59. The summed E-state index contributed by atoms with van der Waals surface area (Å²) < 4.78 is 8.18. The van der Waals surface area contributed by atoms with Crippen LogP contribution in [0.1, 0.15) is 18.5 Å². The lowest BCUT2D eigenvalue weighted by Gasteiger charge is -2.06. The Balaban J connectivity index is 2.01. The van der Waals surface area contributed by atoms with Gasteiger partial charge in [-0.1, -0.05) is 15.9 Å². The lowest BCUT2D eigenvalue weighted by Crippen LogP contribution is -2.06. The topological polar surface area (TPSA) is 25.8 Å². The van der Waals surface area contributed by atoms with E-state index < -0.39 is 0 Å². The lowest BCUT2D eigenvalue weighted by molar-refractivity contribution is 0.579. The van der Waals surface area contributed by atoms with Crippen molar-refractivity contribution in [2.45, 2.75) is 19.3 Å². The van der Waals surface area contributed by atoms with Crippen molar-refractivity contribution in [2.24, 2.45) is 5.41 Å². The van der Waals surface area contributed by atoms with Crippen LogP contribution in [0.15, 0.2) is 6.20 Å². The molecule has 2 nitrogen and oxygen atoms in total. The van der Waals surface area contributed by atoms with Crippen LogP contribution in [-0.4, -0.2) is 14.1 Å². The van der Waals surface area contributed by atoms with E-state index in [0.717, 1.165) is 17.4 Å². The summed E-state index contributed by atoms with van der Waals surface area (Å²) in [4.78, 5) is 0. The fraction of sp³-hybridized carbons (Fsp3) is 0.714. The number of halogens is 1. The first kappa shape index (κ1) is 7.68. The Morgan fingerprint density at radius 1 is 1.64 bits per heavy atom. The van der Waals surface area contributed by atoms with Gasteiger partial charge in [0.2, 0.25) is 0 Å². The van der Waals surface area contributed by atoms with Gasteiger partial charge in [-0.3, -0.25) is 0 Å². The van der Waals surface area contributed by atoms with E-state index in [1.807, 2.05) is 6.20 Å². The molecule has 0 amide bonds. The maximum absolute atomic E-state index is 4.20. The molecule has 0 saturated heterocycles. The Hall–Kier alpha value is 0.0400. The lowest BCUT2D eigenvalue weighted by atomic mass is 10.0. The average molecular weight is 233 g/mol. The third kappa shape index (κ3) is 1.62. The molecule has 1 aliphatic carbocycles. The summed E-state index contributed by atoms with van der Waals surface area (Å²) in [7, 11) is 0. The first-order valence-corrected chi connectivity index (χ1v) is 5.52. The number of hydrogen-bond acceptors (Lipinski definition) is 3. The summed E-state index contributed by atoms with van der Waals surface area (Å²) >= 11 is 4.84. The highest BCUT2D eigenvalue weighted by Gasteiger charge is 2.41. The molecule has 1 aliphatic rings. The van der Waals surface area contributed by atoms with E-state index >= 15 is 0 Å². The van der Waals surface area contributed by atoms with E-state index in [2.05, 4.69) is 24.7 Å². The zero-order valence-corrected chi connectivity index (χ0v) is 8.49. The minimum Gasteiger partial charge on any atom is -0.181 e. The van der Waals surface area contributed by atoms with Gasteiger partial charge in [0.15, 0.2) is 0 Å². The van der Waals surface area contributed by atoms with Crippen molar-refractivity contribution < 1.29 is 0 Å². The first-order chi connectivity index (χ1) is 5.35. The SMILES string of the molecule is BrCC1(Cc2cnsn2)CC1. The zero-order valence-electron chi connectivity index (χ0n) is 6.09. The molecule has 1 aromatic rings. The van der Waals surface area contributed by atoms with E-state index in [1.165, 1.54) is 24.6 Å². The van der Waals surface area contributed by atoms with Crippen molar-refractivity contribution >= 4 is 27.7 Å². The molecule has 0 N–H and O–H groups in total. The maximum Gasteiger partial charge on any atom is 0.0748 e. The van der Waals surface area contributed by atoms with Gasteiger partial charge in [0.1, 0.15) is 0 Å². The fourth-order valence-electron chi connectivity index (χ4n) is 1.18. The summed E-state index contributed by atoms with van der Waals surface area (Å²) in [6.45, 7) is 0. The van der Waals surface area contributed by atoms with Crippen LogP contribution in [0.3, 0.4) is 0 Å². The normalized spacial score (nSPS) is 20.1. The third-order valence-electron chi connectivity index (χ3n) is 2.20. The summed E-state index contributed by atoms with van der Waals surface area (Å²) in [6.07, 6.45) is 5.67. The highest BCUT2D eigenvalue weighted by atomic mass is 79.9. The van der Waals surface area contributed by atoms with Crippen molar-refractivity contribution in [1.29, 1.82) is 0 Å². The minimum atomic E-state index is 0.537. The minimum absolute atomic E-state index is 0.537. The predicted molar refractivity (Wildman–Crippen MR) is 49.1 cm³/mol. The summed E-state index contributed by atoms with van der Waals surface area (Å²) in [5.74, 6) is 0. The van der Waals surface area contributed by atoms with Crippen molar-refractivity contribution in [1.82, 2.24) is 8.75 Å². The van der Waals surface area contributed by atoms with Crippen molar-refractivity contribution in [3.63, 3.8) is 0 Å². The second-order valence-electron chi connectivity index (χ2n) is 3.21. The molecule has 1 fully saturated rings. The number of nitrogens with zero attached hydrogens (tertiary/aromatic N) is 2. The van der Waals surface area contributed by atoms with E-state index in [-0.39, 0.29) is 0 Å². The van der Waals surface area contributed by atoms with Crippen LogP contribution >= 0.6 is 27.7 Å². The molecule has 4 heteroatoms. The van der Waals surface area contributed by atoms with Crippen LogP contribution in [0.4, 0.5) is 0 Å². The fourth-order valence-corrected chi connectivity index (χ4v) is 2.37. The third-order valence-corrected chi connectivity index (χ3v) is 3.91. The molecule has 0 radical (unpaired) electrons. The summed E-state index contributed by atoms with van der Waals surface area (Å²) in [6, 6.07) is 0. The van der Waals surface area contributed by atoms with Crippen molar-refractivity contribution in [2.75, 3.05) is 5.33 Å². The van der Waals surface area contributed by atoms with Gasteiger partial charge in [-0.15, -0.1) is 0 Å². The number of alkyl halides is 1. The molecule has 11 heavy (non-hydrogen) atoms. The van der Waals surface area contributed by atoms with E-state index in [4.69, 9.17) is 0 Å². The highest BCUT2D eigenvalue weighted by Crippen LogP contribution is 2.49. The van der Waals surface area contributed by atoms with Crippen LogP contribution in [0.5, 0.6) is 0 Å². The highest BCUT2D eigenvalue weighted by molar-refractivity contribution is 9.09. The molecule has 2 rings (SSSR count). The molecule has 0 spiro atoms. The number of rotatable bonds is 3. The Morgan fingerprint density at radius 3 is 2.91 bits per heavy atom. The zero-order chi connectivity index (χ0) is 7.73. The summed E-state index contributed by atoms with van der Waals surface area (Å²) in [5, 5.41) is 1.11. The molecule has 0 atom stereocenters. The largest absolute Gasteiger partial charge is 0.181 e. The van der Waals surface area contributed by atoms with Gasteiger partial charge < -0.3 is 0 Å². The number of aromatic nitrogens is 2. The predicted octanol–water partition coefficient (Wildman–Crippen LogP) is 2.26. The van der Waals surface area contributed by atoms with E-state index in [9.17, 15) is 0 Å². The van der Waals surface area contributed by atoms with Crippen molar-refractivity contribution in [3.8, 4) is 0 Å². The van der Waals surface area contributed by atoms with Gasteiger partial charge >= 0.3 is 0 Å². The van der Waals surface area contributed by atoms with Gasteiger partial charge in [-0.2, -0.15) is 8.75 Å². The first-order valence-electron chi connectivity index (χ1n) is 3.67. The molecular formula is C7H9BrN2S. The van der Waals surface area contributed by atoms with Gasteiger partial charge in [-0.25, -0.2) is 0 Å². The Labute approximate surface area is 78.5 Å². The molecule has 0 aliphatic heterocycles. The molecular weight excluding hydrogens is 224 g/mol. The van der Waals surface area contributed by atoms with Crippen LogP contribution < -0.4 is 0 Å². The number of hydrogen-bond donors (Lipinski definition) is 0. The van der Waals surface area contributed by atoms with Crippen LogP contribution in [-0.2, 0) is 6.42 Å². The van der Waals surface area contributed by atoms with Gasteiger partial charge in [-0.05, 0) is 24.7 Å². The standard InChI is InChI=1S/C7H9BrN2S/c8-5-7(1-2-7)3-6-4-9-11-10-6/h4H,1-3,5H2. The van der Waals surface area contributed by atoms with E-state index in [1.54, 1.807) is 0 Å². The second kappa shape index (κ2) is 2.83. The monoisotopic (exact) mass is 232 g/mol. The molecule has 1 saturated carbocycles. The molecule has 0 unspecified atom stereocenters. The molecule has 0 aromatic carbocycles. The molecule has 60 valence electrons. The quantitative estimate of drug-likeness (QED) is 0.748. The summed E-state index contributed by atoms with van der Waals surface area (Å²) in [5.41, 5.74) is 1.70. The Kier molecular flexibility index (Phi) is 1.97. The smallest absolute Gasteiger partial charge is 0.0748 e. The van der Waals surface area contributed by atoms with Crippen LogP contribution in [0, 0.1) is 5.41 Å². The van der Waals surface area contributed by atoms with E-state index in [0.29, 0.717) is 5.41 Å². The van der Waals surface area contributed by atoms with Gasteiger partial charge in [0.25, 0.3) is 0 Å². The molecule has 0 bridgehead atoms. The Bertz CT molecular complexity index is 231. The van der Waals surface area contributed by atoms with Crippen molar-refractivity contribution in [3.05, 3.63) is 11.9 Å². The molecule has 1 aromatic heterocycles. The molecule has 1 heterocycles. The maximum atomic E-state index is 4.20. The van der Waals surface area contributed by atoms with Gasteiger partial charge in [0, 0.05) is 5.33 Å². The van der Waals surface area contributed by atoms with Crippen LogP contribution in [0.25, 0.3) is 0 Å². The van der Waals surface area contributed by atoms with Crippen LogP contribution in [0.2, 0.25) is 0 Å².